The van der Waals surface area contributed by atoms with Crippen molar-refractivity contribution in [3.8, 4) is 0 Å². The molecule has 0 aliphatic carbocycles. The average molecular weight is 928 g/mol. The Bertz CT molecular complexity index is 0. The van der Waals surface area contributed by atoms with E-state index in [0.29, 0.717) is 0 Å². The summed E-state index contributed by atoms with van der Waals surface area (Å²) >= 11 is 0. The summed E-state index contributed by atoms with van der Waals surface area (Å²) in [5, 5.41) is 0. The second-order valence-corrected chi connectivity index (χ2v) is 0. The van der Waals surface area contributed by atoms with E-state index in [9.17, 15) is 0 Å². The normalized spacial score (nSPS) is 0. The monoisotopic (exact) mass is 928 g/mol. The predicted octanol–water partition coefficient (Wildman–Crippen LogP) is 0. The fraction of sp³-hybridized carbons (Fsp3) is 0. The number of rotatable bonds is 0. The van der Waals surface area contributed by atoms with Gasteiger partial charge in [0.1, 0.15) is 0 Å². The largest absolute Gasteiger partial charge is 0 e. The van der Waals surface area contributed by atoms with E-state index in [0.717, 1.165) is 0 Å². The zero-order chi connectivity index (χ0) is 0. The van der Waals surface area contributed by atoms with E-state index in [1.807, 2.05) is 0 Å². The minimum atomic E-state index is 0. The molecule has 0 rings (SSSR count). The molecule has 0 saturated carbocycles. The molecule has 0 unspecified atom stereocenters. The van der Waals surface area contributed by atoms with Gasteiger partial charge in [0.05, 0.1) is 0 Å². The van der Waals surface area contributed by atoms with Crippen LogP contribution in [0, 0.1) is 160 Å². The Kier molecular flexibility index (Phi) is 89.8. The Balaban J connectivity index is 0. The van der Waals surface area contributed by atoms with Crippen LogP contribution in [-0.4, -0.2) is 0 Å². The average Bonchev–Trinajstić information content (AvgIpc) is 0. The molecule has 16 valence electrons. The summed E-state index contributed by atoms with van der Waals surface area (Å²) in [7, 11) is 0. The Morgan fingerprint density at radius 2 is 0.250 bits per heavy atom. The summed E-state index contributed by atoms with van der Waals surface area (Å²) in [6.45, 7) is 0. The van der Waals surface area contributed by atoms with Crippen molar-refractivity contribution >= 4 is 0 Å². The predicted molar refractivity (Wildman–Crippen MR) is 0 cm³/mol. The Hall–Kier alpha value is 5.30. The van der Waals surface area contributed by atoms with Gasteiger partial charge < -0.3 is 0 Å². The molecule has 0 nitrogen and oxygen atoms in total. The van der Waals surface area contributed by atoms with Gasteiger partial charge in [-0.2, -0.15) is 0 Å². The third kappa shape index (κ3) is 10.3. The van der Waals surface area contributed by atoms with Crippen molar-refractivity contribution in [3.63, 3.8) is 0 Å². The van der Waals surface area contributed by atoms with Crippen molar-refractivity contribution in [1.82, 2.24) is 0 Å². The maximum Gasteiger partial charge on any atom is 0 e. The summed E-state index contributed by atoms with van der Waals surface area (Å²) in [4.78, 5) is 0. The first kappa shape index (κ1) is 22.8. The molecule has 0 saturated heterocycles. The van der Waals surface area contributed by atoms with Crippen LogP contribution in [0.25, 0.3) is 0 Å². The van der Waals surface area contributed by atoms with Crippen molar-refractivity contribution in [2.24, 2.45) is 0 Å². The second-order valence-electron chi connectivity index (χ2n) is 0. The summed E-state index contributed by atoms with van der Waals surface area (Å²) in [5.74, 6) is 0. The SMILES string of the molecule is [Th].[Th].[Th].[Th]. The molecule has 0 atom stereocenters. The van der Waals surface area contributed by atoms with E-state index in [-0.39, 0.29) is 160 Å². The summed E-state index contributed by atoms with van der Waals surface area (Å²) in [6.07, 6.45) is 0. The quantitative estimate of drug-likeness (QED) is 0.322. The van der Waals surface area contributed by atoms with E-state index in [1.54, 1.807) is 0 Å². The van der Waals surface area contributed by atoms with Crippen LogP contribution < -0.4 is 0 Å². The molecule has 0 aliphatic heterocycles. The Morgan fingerprint density at radius 1 is 0.250 bits per heavy atom. The van der Waals surface area contributed by atoms with Crippen LogP contribution in [0.4, 0.5) is 0 Å². The van der Waals surface area contributed by atoms with Gasteiger partial charge in [0.25, 0.3) is 0 Å². The van der Waals surface area contributed by atoms with Crippen LogP contribution in [0.15, 0.2) is 0 Å². The smallest absolute Gasteiger partial charge is 0 e. The number of hydrogen-bond donors (Lipinski definition) is 0. The second kappa shape index (κ2) is 15.7. The maximum atomic E-state index is 0. The molecule has 0 radical (unpaired) electrons. The van der Waals surface area contributed by atoms with Gasteiger partial charge in [-0.05, 0) is 0 Å². The van der Waals surface area contributed by atoms with Crippen LogP contribution in [0.3, 0.4) is 0 Å². The van der Waals surface area contributed by atoms with Crippen molar-refractivity contribution in [2.75, 3.05) is 0 Å². The fourth-order valence-electron chi connectivity index (χ4n) is 0. The third-order valence-corrected chi connectivity index (χ3v) is 0. The van der Waals surface area contributed by atoms with Gasteiger partial charge in [0.15, 0.2) is 0 Å². The molecule has 0 aromatic rings. The van der Waals surface area contributed by atoms with Crippen molar-refractivity contribution < 1.29 is 160 Å². The van der Waals surface area contributed by atoms with Gasteiger partial charge in [-0.25, -0.2) is 0 Å². The van der Waals surface area contributed by atoms with Crippen LogP contribution in [0.2, 0.25) is 0 Å². The van der Waals surface area contributed by atoms with Gasteiger partial charge in [0, 0.05) is 160 Å². The summed E-state index contributed by atoms with van der Waals surface area (Å²) < 4.78 is 0. The minimum Gasteiger partial charge on any atom is 0 e. The first-order chi connectivity index (χ1) is 0. The van der Waals surface area contributed by atoms with E-state index in [1.165, 1.54) is 0 Å². The van der Waals surface area contributed by atoms with Crippen LogP contribution in [-0.2, 0) is 0 Å². The van der Waals surface area contributed by atoms with Crippen LogP contribution >= 0.6 is 0 Å². The zero-order valence-electron chi connectivity index (χ0n) is 2.00. The van der Waals surface area contributed by atoms with Crippen molar-refractivity contribution in [1.29, 1.82) is 0 Å². The van der Waals surface area contributed by atoms with Crippen LogP contribution in [0.1, 0.15) is 0 Å². The van der Waals surface area contributed by atoms with Gasteiger partial charge in [-0.1, -0.05) is 0 Å². The standard InChI is InChI=1S/4Th. The Labute approximate surface area is 154 Å². The molecule has 4 heavy (non-hydrogen) atoms. The van der Waals surface area contributed by atoms with E-state index >= 15 is 0 Å². The maximum absolute atomic E-state index is 0. The molecule has 0 aromatic heterocycles. The van der Waals surface area contributed by atoms with E-state index < -0.39 is 0 Å². The molecule has 0 bridgehead atoms. The van der Waals surface area contributed by atoms with Gasteiger partial charge in [-0.3, -0.25) is 0 Å². The van der Waals surface area contributed by atoms with E-state index in [4.69, 9.17) is 0 Å². The third-order valence-electron chi connectivity index (χ3n) is 0. The topological polar surface area (TPSA) is 0 Å². The van der Waals surface area contributed by atoms with Gasteiger partial charge >= 0.3 is 0 Å². The first-order valence-corrected chi connectivity index (χ1v) is 0. The summed E-state index contributed by atoms with van der Waals surface area (Å²) in [5.41, 5.74) is 0. The molecule has 0 amide bonds. The minimum absolute atomic E-state index is 0. The molecule has 0 heterocycles. The molecule has 0 N–H and O–H groups in total. The molecular formula is Th4. The van der Waals surface area contributed by atoms with Gasteiger partial charge in [0.2, 0.25) is 0 Å². The first-order valence-electron chi connectivity index (χ1n) is 0. The van der Waals surface area contributed by atoms with Crippen LogP contribution in [0.5, 0.6) is 0 Å². The molecule has 0 aliphatic rings. The molecular weight excluding hydrogens is 928 g/mol. The molecule has 0 fully saturated rings. The van der Waals surface area contributed by atoms with Crippen molar-refractivity contribution in [3.05, 3.63) is 0 Å². The number of hydrogen-bond acceptors (Lipinski definition) is 0. The van der Waals surface area contributed by atoms with Crippen molar-refractivity contribution in [2.45, 2.75) is 0 Å². The molecule has 0 aromatic carbocycles. The van der Waals surface area contributed by atoms with Gasteiger partial charge in [-0.15, -0.1) is 0 Å². The molecule has 0 spiro atoms. The zero-order valence-corrected chi connectivity index (χ0v) is 18.4. The summed E-state index contributed by atoms with van der Waals surface area (Å²) in [6, 6.07) is 0. The molecule has 4 heteroatoms. The van der Waals surface area contributed by atoms with E-state index in [2.05, 4.69) is 0 Å². The Morgan fingerprint density at radius 3 is 0.250 bits per heavy atom. The fourth-order valence-corrected chi connectivity index (χ4v) is 0.